The molecule has 1 fully saturated rings. The van der Waals surface area contributed by atoms with Crippen molar-refractivity contribution in [3.8, 4) is 0 Å². The van der Waals surface area contributed by atoms with Crippen LogP contribution in [0.4, 0.5) is 0 Å². The third-order valence-corrected chi connectivity index (χ3v) is 5.82. The lowest BCUT2D eigenvalue weighted by Gasteiger charge is -2.25. The van der Waals surface area contributed by atoms with Crippen LogP contribution >= 0.6 is 11.3 Å². The van der Waals surface area contributed by atoms with Crippen molar-refractivity contribution in [3.63, 3.8) is 0 Å². The Labute approximate surface area is 151 Å². The SMILES string of the molecule is CC(=O)NC[C@H]1CC[C@@H](CC(=O)NCc2cccc3ncsc23)N1C. The Kier molecular flexibility index (Phi) is 5.65. The highest BCUT2D eigenvalue weighted by Gasteiger charge is 2.31. The molecule has 0 aliphatic carbocycles. The molecule has 25 heavy (non-hydrogen) atoms. The number of hydrogen-bond donors (Lipinski definition) is 2. The predicted molar refractivity (Wildman–Crippen MR) is 99.3 cm³/mol. The molecule has 1 aliphatic heterocycles. The minimum Gasteiger partial charge on any atom is -0.355 e. The summed E-state index contributed by atoms with van der Waals surface area (Å²) < 4.78 is 1.14. The number of fused-ring (bicyclic) bond motifs is 1. The number of likely N-dealkylation sites (N-methyl/N-ethyl adjacent to an activating group) is 1. The summed E-state index contributed by atoms with van der Waals surface area (Å²) in [5.41, 5.74) is 3.92. The Hall–Kier alpha value is -1.99. The molecule has 2 aromatic rings. The molecule has 1 saturated heterocycles. The number of nitrogens with one attached hydrogen (secondary N) is 2. The highest BCUT2D eigenvalue weighted by molar-refractivity contribution is 7.16. The fraction of sp³-hybridized carbons (Fsp3) is 0.500. The van der Waals surface area contributed by atoms with E-state index in [1.54, 1.807) is 11.3 Å². The first kappa shape index (κ1) is 17.8. The van der Waals surface area contributed by atoms with Crippen molar-refractivity contribution in [1.82, 2.24) is 20.5 Å². The van der Waals surface area contributed by atoms with E-state index in [1.807, 2.05) is 30.8 Å². The van der Waals surface area contributed by atoms with Crippen LogP contribution in [-0.4, -0.2) is 47.4 Å². The van der Waals surface area contributed by atoms with Gasteiger partial charge in [0.25, 0.3) is 0 Å². The molecule has 2 N–H and O–H groups in total. The van der Waals surface area contributed by atoms with Gasteiger partial charge in [0.2, 0.25) is 11.8 Å². The van der Waals surface area contributed by atoms with E-state index in [0.29, 0.717) is 25.6 Å². The summed E-state index contributed by atoms with van der Waals surface area (Å²) in [6.07, 6.45) is 2.49. The third-order valence-electron chi connectivity index (χ3n) is 4.91. The molecular formula is C18H24N4O2S. The number of aromatic nitrogens is 1. The summed E-state index contributed by atoms with van der Waals surface area (Å²) in [7, 11) is 2.04. The van der Waals surface area contributed by atoms with Crippen LogP contribution in [-0.2, 0) is 16.1 Å². The molecule has 1 aliphatic rings. The maximum absolute atomic E-state index is 12.3. The van der Waals surface area contributed by atoms with Gasteiger partial charge in [0.05, 0.1) is 15.7 Å². The number of carbonyl (C=O) groups is 2. The molecule has 2 heterocycles. The summed E-state index contributed by atoms with van der Waals surface area (Å²) >= 11 is 1.60. The van der Waals surface area contributed by atoms with E-state index < -0.39 is 0 Å². The van der Waals surface area contributed by atoms with Crippen molar-refractivity contribution in [3.05, 3.63) is 29.3 Å². The zero-order valence-corrected chi connectivity index (χ0v) is 15.4. The highest BCUT2D eigenvalue weighted by Crippen LogP contribution is 2.25. The molecule has 0 bridgehead atoms. The number of amides is 2. The Bertz CT molecular complexity index is 760. The van der Waals surface area contributed by atoms with Crippen molar-refractivity contribution in [1.29, 1.82) is 0 Å². The Morgan fingerprint density at radius 2 is 2.08 bits per heavy atom. The predicted octanol–water partition coefficient (Wildman–Crippen LogP) is 1.90. The van der Waals surface area contributed by atoms with Crippen LogP contribution in [0.3, 0.4) is 0 Å². The Balaban J connectivity index is 1.50. The maximum atomic E-state index is 12.3. The second-order valence-corrected chi connectivity index (χ2v) is 7.44. The monoisotopic (exact) mass is 360 g/mol. The second kappa shape index (κ2) is 7.93. The van der Waals surface area contributed by atoms with E-state index in [0.717, 1.165) is 28.6 Å². The van der Waals surface area contributed by atoms with Crippen LogP contribution in [0.1, 0.15) is 31.7 Å². The number of rotatable bonds is 6. The average molecular weight is 360 g/mol. The molecule has 2 amide bonds. The lowest BCUT2D eigenvalue weighted by Crippen LogP contribution is -2.41. The van der Waals surface area contributed by atoms with Gasteiger partial charge in [-0.2, -0.15) is 0 Å². The molecule has 2 atom stereocenters. The molecule has 0 unspecified atom stereocenters. The van der Waals surface area contributed by atoms with E-state index in [4.69, 9.17) is 0 Å². The fourth-order valence-electron chi connectivity index (χ4n) is 3.41. The molecule has 7 heteroatoms. The first-order valence-corrected chi connectivity index (χ1v) is 9.46. The van der Waals surface area contributed by atoms with Crippen molar-refractivity contribution in [2.75, 3.05) is 13.6 Å². The van der Waals surface area contributed by atoms with Gasteiger partial charge in [0, 0.05) is 38.5 Å². The topological polar surface area (TPSA) is 74.3 Å². The van der Waals surface area contributed by atoms with Crippen molar-refractivity contribution in [2.45, 2.75) is 44.8 Å². The van der Waals surface area contributed by atoms with Crippen molar-refractivity contribution < 1.29 is 9.59 Å². The van der Waals surface area contributed by atoms with Gasteiger partial charge in [-0.1, -0.05) is 12.1 Å². The zero-order chi connectivity index (χ0) is 17.8. The summed E-state index contributed by atoms with van der Waals surface area (Å²) in [4.78, 5) is 29.9. The van der Waals surface area contributed by atoms with Gasteiger partial charge in [-0.25, -0.2) is 4.98 Å². The van der Waals surface area contributed by atoms with Gasteiger partial charge in [-0.05, 0) is 31.5 Å². The normalized spacial score (nSPS) is 20.7. The van der Waals surface area contributed by atoms with Gasteiger partial charge in [-0.3, -0.25) is 14.5 Å². The first-order chi connectivity index (χ1) is 12.0. The van der Waals surface area contributed by atoms with Gasteiger partial charge in [-0.15, -0.1) is 11.3 Å². The van der Waals surface area contributed by atoms with Gasteiger partial charge in [0.15, 0.2) is 0 Å². The molecule has 0 radical (unpaired) electrons. The average Bonchev–Trinajstić information content (AvgIpc) is 3.19. The fourth-order valence-corrected chi connectivity index (χ4v) is 4.21. The molecule has 0 spiro atoms. The number of likely N-dealkylation sites (tertiary alicyclic amines) is 1. The van der Waals surface area contributed by atoms with E-state index in [-0.39, 0.29) is 17.9 Å². The summed E-state index contributed by atoms with van der Waals surface area (Å²) in [5.74, 6) is 0.0605. The molecule has 6 nitrogen and oxygen atoms in total. The van der Waals surface area contributed by atoms with E-state index >= 15 is 0 Å². The molecule has 134 valence electrons. The van der Waals surface area contributed by atoms with Gasteiger partial charge < -0.3 is 10.6 Å². The Morgan fingerprint density at radius 1 is 1.28 bits per heavy atom. The van der Waals surface area contributed by atoms with E-state index in [9.17, 15) is 9.59 Å². The van der Waals surface area contributed by atoms with Gasteiger partial charge >= 0.3 is 0 Å². The molecule has 0 saturated carbocycles. The van der Waals surface area contributed by atoms with Crippen LogP contribution in [0.2, 0.25) is 0 Å². The largest absolute Gasteiger partial charge is 0.355 e. The lowest BCUT2D eigenvalue weighted by molar-refractivity contribution is -0.122. The van der Waals surface area contributed by atoms with Crippen molar-refractivity contribution in [2.24, 2.45) is 0 Å². The molecule has 3 rings (SSSR count). The number of nitrogens with zero attached hydrogens (tertiary/aromatic N) is 2. The summed E-state index contributed by atoms with van der Waals surface area (Å²) in [5, 5.41) is 5.90. The second-order valence-electron chi connectivity index (χ2n) is 6.59. The molecule has 1 aromatic heterocycles. The Morgan fingerprint density at radius 3 is 2.88 bits per heavy atom. The smallest absolute Gasteiger partial charge is 0.221 e. The van der Waals surface area contributed by atoms with E-state index in [1.165, 1.54) is 6.92 Å². The number of carbonyl (C=O) groups excluding carboxylic acids is 2. The standard InChI is InChI=1S/C18H24N4O2S/c1-12(23)19-10-15-7-6-14(22(15)2)8-17(24)20-9-13-4-3-5-16-18(13)25-11-21-16/h3-5,11,14-15H,6-10H2,1-2H3,(H,19,23)(H,20,24)/t14-,15+/m0/s1. The number of benzene rings is 1. The van der Waals surface area contributed by atoms with Crippen molar-refractivity contribution >= 4 is 33.4 Å². The third kappa shape index (κ3) is 4.35. The maximum Gasteiger partial charge on any atom is 0.221 e. The van der Waals surface area contributed by atoms with Crippen LogP contribution < -0.4 is 10.6 Å². The molecule has 1 aromatic carbocycles. The minimum absolute atomic E-state index is 0.00756. The van der Waals surface area contributed by atoms with Gasteiger partial charge in [0.1, 0.15) is 0 Å². The van der Waals surface area contributed by atoms with Crippen LogP contribution in [0.5, 0.6) is 0 Å². The number of hydrogen-bond acceptors (Lipinski definition) is 5. The lowest BCUT2D eigenvalue weighted by atomic mass is 10.1. The highest BCUT2D eigenvalue weighted by atomic mass is 32.1. The number of thiazole rings is 1. The van der Waals surface area contributed by atoms with Crippen LogP contribution in [0.25, 0.3) is 10.2 Å². The van der Waals surface area contributed by atoms with Crippen LogP contribution in [0, 0.1) is 0 Å². The summed E-state index contributed by atoms with van der Waals surface area (Å²) in [6, 6.07) is 6.54. The first-order valence-electron chi connectivity index (χ1n) is 8.58. The van der Waals surface area contributed by atoms with Crippen LogP contribution in [0.15, 0.2) is 23.7 Å². The molecular weight excluding hydrogens is 336 g/mol. The minimum atomic E-state index is -0.00756. The van der Waals surface area contributed by atoms with E-state index in [2.05, 4.69) is 20.5 Å². The quantitative estimate of drug-likeness (QED) is 0.825. The zero-order valence-electron chi connectivity index (χ0n) is 14.6. The summed E-state index contributed by atoms with van der Waals surface area (Å²) in [6.45, 7) is 2.71.